The third-order valence-electron chi connectivity index (χ3n) is 4.50. The highest BCUT2D eigenvalue weighted by Crippen LogP contribution is 2.33. The van der Waals surface area contributed by atoms with E-state index in [0.717, 1.165) is 42.9 Å². The highest BCUT2D eigenvalue weighted by atomic mass is 19.1. The second-order valence-electron chi connectivity index (χ2n) is 6.14. The molecule has 1 aliphatic rings. The predicted molar refractivity (Wildman–Crippen MR) is 94.2 cm³/mol. The Balaban J connectivity index is 1.86. The van der Waals surface area contributed by atoms with E-state index in [1.807, 2.05) is 6.33 Å². The van der Waals surface area contributed by atoms with Crippen LogP contribution >= 0.6 is 0 Å². The monoisotopic (exact) mass is 338 g/mol. The molecule has 3 heterocycles. The van der Waals surface area contributed by atoms with Crippen LogP contribution in [-0.4, -0.2) is 32.6 Å². The molecular weight excluding hydrogens is 319 g/mol. The third kappa shape index (κ3) is 3.10. The number of imidazole rings is 1. The van der Waals surface area contributed by atoms with E-state index in [1.54, 1.807) is 24.4 Å². The van der Waals surface area contributed by atoms with Crippen LogP contribution in [0.15, 0.2) is 42.9 Å². The average molecular weight is 338 g/mol. The minimum atomic E-state index is -0.275. The molecule has 0 saturated carbocycles. The lowest BCUT2D eigenvalue weighted by atomic mass is 10.0. The van der Waals surface area contributed by atoms with Gasteiger partial charge in [0, 0.05) is 17.8 Å². The quantitative estimate of drug-likeness (QED) is 0.767. The van der Waals surface area contributed by atoms with Crippen molar-refractivity contribution in [1.82, 2.24) is 24.8 Å². The van der Waals surface area contributed by atoms with Crippen LogP contribution in [0, 0.1) is 5.82 Å². The number of rotatable bonds is 3. The lowest BCUT2D eigenvalue weighted by Crippen LogP contribution is -2.29. The van der Waals surface area contributed by atoms with Gasteiger partial charge in [0.15, 0.2) is 5.82 Å². The molecule has 0 radical (unpaired) electrons. The Bertz CT molecular complexity index is 868. The van der Waals surface area contributed by atoms with Gasteiger partial charge in [-0.25, -0.2) is 19.3 Å². The fraction of sp³-hybridized carbons (Fsp3) is 0.278. The molecule has 0 amide bonds. The zero-order valence-electron chi connectivity index (χ0n) is 13.7. The lowest BCUT2D eigenvalue weighted by molar-refractivity contribution is 0.370. The van der Waals surface area contributed by atoms with E-state index >= 15 is 0 Å². The van der Waals surface area contributed by atoms with Crippen LogP contribution in [0.2, 0.25) is 0 Å². The molecule has 3 N–H and O–H groups in total. The van der Waals surface area contributed by atoms with Crippen LogP contribution in [-0.2, 0) is 0 Å². The number of halogens is 1. The zero-order chi connectivity index (χ0) is 17.2. The topological polar surface area (TPSA) is 81.6 Å². The van der Waals surface area contributed by atoms with Crippen molar-refractivity contribution >= 4 is 5.82 Å². The lowest BCUT2D eigenvalue weighted by Gasteiger charge is -2.25. The fourth-order valence-electron chi connectivity index (χ4n) is 3.25. The fourth-order valence-corrected chi connectivity index (χ4v) is 3.25. The Labute approximate surface area is 144 Å². The van der Waals surface area contributed by atoms with Gasteiger partial charge in [-0.1, -0.05) is 0 Å². The molecular formula is C18H19FN6. The standard InChI is InChI=1S/C18H19FN6/c19-13-3-1-12(2-4-13)16-17(18-22-10-7-15(20)24-18)25(11-23-16)14-5-8-21-9-6-14/h1-4,7,10-11,14,21H,5-6,8-9H2,(H2,20,22,24). The SMILES string of the molecule is Nc1ccnc(-c2c(-c3ccc(F)cc3)ncn2C2CCNCC2)n1. The van der Waals surface area contributed by atoms with Crippen molar-refractivity contribution in [3.63, 3.8) is 0 Å². The van der Waals surface area contributed by atoms with Gasteiger partial charge in [-0.05, 0) is 56.3 Å². The van der Waals surface area contributed by atoms with Crippen molar-refractivity contribution in [2.24, 2.45) is 0 Å². The largest absolute Gasteiger partial charge is 0.384 e. The van der Waals surface area contributed by atoms with Gasteiger partial charge in [0.2, 0.25) is 0 Å². The van der Waals surface area contributed by atoms with E-state index in [2.05, 4.69) is 24.8 Å². The first kappa shape index (κ1) is 15.7. The van der Waals surface area contributed by atoms with Crippen molar-refractivity contribution in [2.45, 2.75) is 18.9 Å². The first-order chi connectivity index (χ1) is 12.2. The number of nitrogens with zero attached hydrogens (tertiary/aromatic N) is 4. The normalized spacial score (nSPS) is 15.4. The average Bonchev–Trinajstić information content (AvgIpc) is 3.08. The van der Waals surface area contributed by atoms with Gasteiger partial charge in [0.25, 0.3) is 0 Å². The predicted octanol–water partition coefficient (Wildman–Crippen LogP) is 2.65. The van der Waals surface area contributed by atoms with E-state index in [9.17, 15) is 4.39 Å². The van der Waals surface area contributed by atoms with Crippen LogP contribution in [0.4, 0.5) is 10.2 Å². The van der Waals surface area contributed by atoms with Gasteiger partial charge in [-0.2, -0.15) is 0 Å². The number of nitrogens with one attached hydrogen (secondary N) is 1. The molecule has 2 aromatic heterocycles. The Kier molecular flexibility index (Phi) is 4.15. The van der Waals surface area contributed by atoms with Gasteiger partial charge in [-0.15, -0.1) is 0 Å². The third-order valence-corrected chi connectivity index (χ3v) is 4.50. The van der Waals surface area contributed by atoms with Gasteiger partial charge in [0.1, 0.15) is 17.3 Å². The van der Waals surface area contributed by atoms with Crippen molar-refractivity contribution in [2.75, 3.05) is 18.8 Å². The Hall–Kier alpha value is -2.80. The van der Waals surface area contributed by atoms with Gasteiger partial charge in [0.05, 0.1) is 12.0 Å². The summed E-state index contributed by atoms with van der Waals surface area (Å²) in [6.07, 6.45) is 5.49. The Morgan fingerprint density at radius 1 is 1.08 bits per heavy atom. The molecule has 0 unspecified atom stereocenters. The highest BCUT2D eigenvalue weighted by molar-refractivity contribution is 5.75. The smallest absolute Gasteiger partial charge is 0.180 e. The molecule has 7 heteroatoms. The number of aromatic nitrogens is 4. The molecule has 0 spiro atoms. The highest BCUT2D eigenvalue weighted by Gasteiger charge is 2.23. The summed E-state index contributed by atoms with van der Waals surface area (Å²) in [6, 6.07) is 8.29. The van der Waals surface area contributed by atoms with E-state index in [1.165, 1.54) is 12.1 Å². The van der Waals surface area contributed by atoms with Gasteiger partial charge < -0.3 is 15.6 Å². The maximum Gasteiger partial charge on any atom is 0.180 e. The molecule has 4 rings (SSSR count). The molecule has 0 aliphatic carbocycles. The molecule has 128 valence electrons. The summed E-state index contributed by atoms with van der Waals surface area (Å²) in [4.78, 5) is 13.4. The first-order valence-corrected chi connectivity index (χ1v) is 8.35. The maximum absolute atomic E-state index is 13.3. The van der Waals surface area contributed by atoms with Crippen LogP contribution in [0.5, 0.6) is 0 Å². The molecule has 1 aliphatic heterocycles. The molecule has 1 saturated heterocycles. The van der Waals surface area contributed by atoms with E-state index in [0.29, 0.717) is 17.7 Å². The number of benzene rings is 1. The Morgan fingerprint density at radius 3 is 2.56 bits per heavy atom. The van der Waals surface area contributed by atoms with Crippen molar-refractivity contribution in [1.29, 1.82) is 0 Å². The Morgan fingerprint density at radius 2 is 1.84 bits per heavy atom. The number of hydrogen-bond acceptors (Lipinski definition) is 5. The van der Waals surface area contributed by atoms with Crippen molar-refractivity contribution < 1.29 is 4.39 Å². The van der Waals surface area contributed by atoms with E-state index in [4.69, 9.17) is 5.73 Å². The van der Waals surface area contributed by atoms with E-state index < -0.39 is 0 Å². The summed E-state index contributed by atoms with van der Waals surface area (Å²) in [6.45, 7) is 1.93. The van der Waals surface area contributed by atoms with Crippen LogP contribution in [0.1, 0.15) is 18.9 Å². The second-order valence-corrected chi connectivity index (χ2v) is 6.14. The second kappa shape index (κ2) is 6.60. The molecule has 0 bridgehead atoms. The molecule has 3 aromatic rings. The van der Waals surface area contributed by atoms with Crippen molar-refractivity contribution in [3.8, 4) is 22.8 Å². The maximum atomic E-state index is 13.3. The summed E-state index contributed by atoms with van der Waals surface area (Å²) in [5.41, 5.74) is 8.26. The number of piperidine rings is 1. The number of anilines is 1. The minimum absolute atomic E-state index is 0.275. The van der Waals surface area contributed by atoms with Crippen molar-refractivity contribution in [3.05, 3.63) is 48.7 Å². The molecule has 6 nitrogen and oxygen atoms in total. The van der Waals surface area contributed by atoms with Crippen LogP contribution in [0.25, 0.3) is 22.8 Å². The summed E-state index contributed by atoms with van der Waals surface area (Å²) >= 11 is 0. The summed E-state index contributed by atoms with van der Waals surface area (Å²) in [5, 5.41) is 3.37. The number of nitrogen functional groups attached to an aromatic ring is 1. The van der Waals surface area contributed by atoms with Crippen LogP contribution in [0.3, 0.4) is 0 Å². The van der Waals surface area contributed by atoms with E-state index in [-0.39, 0.29) is 5.82 Å². The summed E-state index contributed by atoms with van der Waals surface area (Å²) in [5.74, 6) is 0.673. The number of nitrogens with two attached hydrogens (primary N) is 1. The minimum Gasteiger partial charge on any atom is -0.384 e. The molecule has 0 atom stereocenters. The van der Waals surface area contributed by atoms with Crippen LogP contribution < -0.4 is 11.1 Å². The summed E-state index contributed by atoms with van der Waals surface area (Å²) in [7, 11) is 0. The zero-order valence-corrected chi connectivity index (χ0v) is 13.7. The molecule has 1 fully saturated rings. The molecule has 25 heavy (non-hydrogen) atoms. The summed E-state index contributed by atoms with van der Waals surface area (Å²) < 4.78 is 15.4. The number of hydrogen-bond donors (Lipinski definition) is 2. The molecule has 1 aromatic carbocycles. The first-order valence-electron chi connectivity index (χ1n) is 8.35. The van der Waals surface area contributed by atoms with Gasteiger partial charge >= 0.3 is 0 Å². The van der Waals surface area contributed by atoms with Gasteiger partial charge in [-0.3, -0.25) is 0 Å².